The second kappa shape index (κ2) is 6.88. The average molecular weight is 348 g/mol. The van der Waals surface area contributed by atoms with Crippen LogP contribution in [0, 0.1) is 24.4 Å². The van der Waals surface area contributed by atoms with E-state index in [2.05, 4.69) is 0 Å². The Kier molecular flexibility index (Phi) is 4.81. The maximum atomic E-state index is 14.1. The normalized spacial score (nSPS) is 18.7. The fraction of sp³-hybridized carbons (Fsp3) is 0.316. The number of anilines is 1. The summed E-state index contributed by atoms with van der Waals surface area (Å²) in [5, 5.41) is 0. The number of piperazine rings is 1. The van der Waals surface area contributed by atoms with Crippen molar-refractivity contribution in [2.24, 2.45) is 0 Å². The van der Waals surface area contributed by atoms with Gasteiger partial charge in [-0.2, -0.15) is 0 Å². The van der Waals surface area contributed by atoms with Crippen LogP contribution in [0.2, 0.25) is 0 Å². The molecule has 1 heterocycles. The lowest BCUT2D eigenvalue weighted by atomic mass is 10.1. The monoisotopic (exact) mass is 348 g/mol. The van der Waals surface area contributed by atoms with Gasteiger partial charge in [0.25, 0.3) is 0 Å². The molecular formula is C19H19F3N2O. The molecule has 1 atom stereocenters. The van der Waals surface area contributed by atoms with Crippen LogP contribution < -0.4 is 4.90 Å². The Morgan fingerprint density at radius 2 is 1.80 bits per heavy atom. The van der Waals surface area contributed by atoms with Crippen LogP contribution >= 0.6 is 0 Å². The van der Waals surface area contributed by atoms with Gasteiger partial charge >= 0.3 is 0 Å². The molecule has 0 aromatic heterocycles. The fourth-order valence-corrected chi connectivity index (χ4v) is 3.07. The van der Waals surface area contributed by atoms with E-state index in [1.165, 1.54) is 23.1 Å². The molecule has 132 valence electrons. The Hall–Kier alpha value is -2.34. The SMILES string of the molecule is Cc1ccc(F)c(N2CCN(Cc3ccc(F)cc3F)[C@@H](C)C2=O)c1. The first-order valence-electron chi connectivity index (χ1n) is 8.12. The number of halogens is 3. The fourth-order valence-electron chi connectivity index (χ4n) is 3.07. The molecule has 1 amide bonds. The summed E-state index contributed by atoms with van der Waals surface area (Å²) in [5.41, 5.74) is 1.47. The molecule has 25 heavy (non-hydrogen) atoms. The van der Waals surface area contributed by atoms with Gasteiger partial charge in [0.15, 0.2) is 0 Å². The van der Waals surface area contributed by atoms with Crippen molar-refractivity contribution in [1.29, 1.82) is 0 Å². The van der Waals surface area contributed by atoms with Crippen molar-refractivity contribution in [1.82, 2.24) is 4.90 Å². The number of nitrogens with zero attached hydrogens (tertiary/aromatic N) is 2. The van der Waals surface area contributed by atoms with Gasteiger partial charge in [-0.25, -0.2) is 13.2 Å². The first-order valence-corrected chi connectivity index (χ1v) is 8.12. The Bertz CT molecular complexity index is 809. The highest BCUT2D eigenvalue weighted by molar-refractivity contribution is 5.97. The predicted molar refractivity (Wildman–Crippen MR) is 89.7 cm³/mol. The van der Waals surface area contributed by atoms with Crippen molar-refractivity contribution in [3.63, 3.8) is 0 Å². The minimum Gasteiger partial charge on any atom is -0.307 e. The lowest BCUT2D eigenvalue weighted by Crippen LogP contribution is -2.55. The highest BCUT2D eigenvalue weighted by Crippen LogP contribution is 2.26. The first kappa shape index (κ1) is 17.5. The molecule has 1 aliphatic heterocycles. The van der Waals surface area contributed by atoms with Gasteiger partial charge in [0.1, 0.15) is 17.5 Å². The molecule has 2 aromatic rings. The minimum atomic E-state index is -0.634. The van der Waals surface area contributed by atoms with Crippen molar-refractivity contribution < 1.29 is 18.0 Å². The summed E-state index contributed by atoms with van der Waals surface area (Å²) in [4.78, 5) is 15.9. The smallest absolute Gasteiger partial charge is 0.244 e. The number of hydrogen-bond donors (Lipinski definition) is 0. The first-order chi connectivity index (χ1) is 11.9. The molecule has 6 heteroatoms. The van der Waals surface area contributed by atoms with Gasteiger partial charge < -0.3 is 4.90 Å². The van der Waals surface area contributed by atoms with E-state index >= 15 is 0 Å². The quantitative estimate of drug-likeness (QED) is 0.845. The molecule has 0 aliphatic carbocycles. The number of carbonyl (C=O) groups is 1. The van der Waals surface area contributed by atoms with Crippen LogP contribution in [-0.2, 0) is 11.3 Å². The van der Waals surface area contributed by atoms with Gasteiger partial charge in [0, 0.05) is 31.3 Å². The predicted octanol–water partition coefficient (Wildman–Crippen LogP) is 3.65. The second-order valence-electron chi connectivity index (χ2n) is 6.33. The Labute approximate surface area is 144 Å². The highest BCUT2D eigenvalue weighted by Gasteiger charge is 2.33. The number of benzene rings is 2. The van der Waals surface area contributed by atoms with Gasteiger partial charge in [-0.3, -0.25) is 9.69 Å². The summed E-state index contributed by atoms with van der Waals surface area (Å²) in [6.45, 7) is 4.53. The van der Waals surface area contributed by atoms with Gasteiger partial charge in [-0.15, -0.1) is 0 Å². The summed E-state index contributed by atoms with van der Waals surface area (Å²) >= 11 is 0. The molecule has 1 fully saturated rings. The zero-order chi connectivity index (χ0) is 18.1. The van der Waals surface area contributed by atoms with Crippen molar-refractivity contribution in [2.45, 2.75) is 26.4 Å². The largest absolute Gasteiger partial charge is 0.307 e. The van der Waals surface area contributed by atoms with E-state index in [-0.39, 0.29) is 18.1 Å². The molecule has 2 aromatic carbocycles. The van der Waals surface area contributed by atoms with E-state index in [0.29, 0.717) is 18.7 Å². The van der Waals surface area contributed by atoms with Crippen molar-refractivity contribution in [3.05, 3.63) is 65.0 Å². The van der Waals surface area contributed by atoms with E-state index in [1.807, 2.05) is 11.8 Å². The molecular weight excluding hydrogens is 329 g/mol. The minimum absolute atomic E-state index is 0.198. The van der Waals surface area contributed by atoms with Crippen molar-refractivity contribution in [3.8, 4) is 0 Å². The lowest BCUT2D eigenvalue weighted by Gasteiger charge is -2.39. The summed E-state index contributed by atoms with van der Waals surface area (Å²) in [6, 6.07) is 7.54. The van der Waals surface area contributed by atoms with Crippen LogP contribution in [-0.4, -0.2) is 29.9 Å². The van der Waals surface area contributed by atoms with Gasteiger partial charge in [0.05, 0.1) is 11.7 Å². The van der Waals surface area contributed by atoms with Crippen LogP contribution in [0.4, 0.5) is 18.9 Å². The molecule has 3 nitrogen and oxygen atoms in total. The standard InChI is InChI=1S/C19H19F3N2O/c1-12-3-6-16(21)18(9-12)24-8-7-23(13(2)19(24)25)11-14-4-5-15(20)10-17(14)22/h3-6,9-10,13H,7-8,11H2,1-2H3/t13-/m0/s1. The number of hydrogen-bond acceptors (Lipinski definition) is 2. The van der Waals surface area contributed by atoms with Crippen LogP contribution in [0.5, 0.6) is 0 Å². The van der Waals surface area contributed by atoms with Crippen molar-refractivity contribution >= 4 is 11.6 Å². The molecule has 1 saturated heterocycles. The van der Waals surface area contributed by atoms with Crippen LogP contribution in [0.15, 0.2) is 36.4 Å². The molecule has 0 saturated carbocycles. The van der Waals surface area contributed by atoms with E-state index < -0.39 is 23.5 Å². The zero-order valence-electron chi connectivity index (χ0n) is 14.1. The lowest BCUT2D eigenvalue weighted by molar-refractivity contribution is -0.125. The van der Waals surface area contributed by atoms with E-state index in [1.54, 1.807) is 19.1 Å². The number of carbonyl (C=O) groups excluding carboxylic acids is 1. The van der Waals surface area contributed by atoms with Crippen molar-refractivity contribution in [2.75, 3.05) is 18.0 Å². The Morgan fingerprint density at radius 1 is 1.04 bits per heavy atom. The molecule has 0 bridgehead atoms. The zero-order valence-corrected chi connectivity index (χ0v) is 14.1. The number of rotatable bonds is 3. The molecule has 1 aliphatic rings. The molecule has 0 spiro atoms. The Balaban J connectivity index is 1.78. The molecule has 0 radical (unpaired) electrons. The molecule has 0 unspecified atom stereocenters. The summed E-state index contributed by atoms with van der Waals surface area (Å²) < 4.78 is 41.0. The third-order valence-corrected chi connectivity index (χ3v) is 4.56. The summed E-state index contributed by atoms with van der Waals surface area (Å²) in [5.74, 6) is -1.95. The maximum Gasteiger partial charge on any atom is 0.244 e. The van der Waals surface area contributed by atoms with E-state index in [0.717, 1.165) is 11.6 Å². The second-order valence-corrected chi connectivity index (χ2v) is 6.33. The third kappa shape index (κ3) is 3.54. The highest BCUT2D eigenvalue weighted by atomic mass is 19.1. The number of aryl methyl sites for hydroxylation is 1. The van der Waals surface area contributed by atoms with E-state index in [4.69, 9.17) is 0 Å². The number of amides is 1. The third-order valence-electron chi connectivity index (χ3n) is 4.56. The maximum absolute atomic E-state index is 14.1. The van der Waals surface area contributed by atoms with Crippen LogP contribution in [0.1, 0.15) is 18.1 Å². The Morgan fingerprint density at radius 3 is 2.52 bits per heavy atom. The van der Waals surface area contributed by atoms with Crippen LogP contribution in [0.25, 0.3) is 0 Å². The molecule has 3 rings (SSSR count). The van der Waals surface area contributed by atoms with Gasteiger partial charge in [-0.05, 0) is 37.6 Å². The van der Waals surface area contributed by atoms with E-state index in [9.17, 15) is 18.0 Å². The summed E-state index contributed by atoms with van der Waals surface area (Å²) in [7, 11) is 0. The van der Waals surface area contributed by atoms with Crippen LogP contribution in [0.3, 0.4) is 0 Å². The van der Waals surface area contributed by atoms with Gasteiger partial charge in [0.2, 0.25) is 5.91 Å². The average Bonchev–Trinajstić information content (AvgIpc) is 2.57. The summed E-state index contributed by atoms with van der Waals surface area (Å²) in [6.07, 6.45) is 0. The molecule has 0 N–H and O–H groups in total. The van der Waals surface area contributed by atoms with Gasteiger partial charge in [-0.1, -0.05) is 12.1 Å². The topological polar surface area (TPSA) is 23.6 Å².